The van der Waals surface area contributed by atoms with E-state index in [9.17, 15) is 18.4 Å². The number of fused-ring (bicyclic) bond motifs is 3. The van der Waals surface area contributed by atoms with Gasteiger partial charge in [0.05, 0.1) is 22.8 Å². The summed E-state index contributed by atoms with van der Waals surface area (Å²) in [6, 6.07) is 8.31. The molecule has 9 nitrogen and oxygen atoms in total. The lowest BCUT2D eigenvalue weighted by atomic mass is 9.77. The number of aryl methyl sites for hydroxylation is 1. The van der Waals surface area contributed by atoms with E-state index in [4.69, 9.17) is 5.73 Å². The van der Waals surface area contributed by atoms with Crippen molar-refractivity contribution in [3.8, 4) is 11.3 Å². The Morgan fingerprint density at radius 3 is 2.84 bits per heavy atom. The van der Waals surface area contributed by atoms with Gasteiger partial charge in [-0.3, -0.25) is 24.8 Å². The molecular formula is C26H25F2N7O2. The fourth-order valence-corrected chi connectivity index (χ4v) is 6.17. The molecule has 6 rings (SSSR count). The number of nitrogens with one attached hydrogen (secondary N) is 2. The average Bonchev–Trinajstić information content (AvgIpc) is 3.56. The van der Waals surface area contributed by atoms with Crippen LogP contribution in [0.15, 0.2) is 36.5 Å². The Hall–Kier alpha value is -4.15. The lowest BCUT2D eigenvalue weighted by Crippen LogP contribution is -2.58. The first-order valence-corrected chi connectivity index (χ1v) is 12.2. The number of hydrogen-bond acceptors (Lipinski definition) is 5. The first-order valence-electron chi connectivity index (χ1n) is 12.2. The number of aromatic nitrogens is 5. The summed E-state index contributed by atoms with van der Waals surface area (Å²) in [7, 11) is 0. The van der Waals surface area contributed by atoms with Crippen LogP contribution in [0.4, 0.5) is 8.78 Å². The molecule has 1 aromatic carbocycles. The Bertz CT molecular complexity index is 1550. The van der Waals surface area contributed by atoms with Crippen LogP contribution in [-0.2, 0) is 11.2 Å². The maximum absolute atomic E-state index is 14.4. The first-order chi connectivity index (χ1) is 17.7. The van der Waals surface area contributed by atoms with Crippen LogP contribution in [0, 0.1) is 24.6 Å². The molecule has 2 saturated heterocycles. The minimum absolute atomic E-state index is 0.161. The fraction of sp³-hybridized carbons (Fsp3) is 0.346. The van der Waals surface area contributed by atoms with Crippen molar-refractivity contribution >= 4 is 22.7 Å². The molecule has 2 aliphatic rings. The predicted molar refractivity (Wildman–Crippen MR) is 130 cm³/mol. The zero-order valence-electron chi connectivity index (χ0n) is 20.1. The number of amides is 2. The molecule has 2 amide bonds. The van der Waals surface area contributed by atoms with E-state index in [-0.39, 0.29) is 35.0 Å². The van der Waals surface area contributed by atoms with E-state index in [1.807, 2.05) is 11.0 Å². The second-order valence-corrected chi connectivity index (χ2v) is 10.2. The van der Waals surface area contributed by atoms with Gasteiger partial charge in [0.2, 0.25) is 11.9 Å². The third kappa shape index (κ3) is 3.85. The number of nitrogens with zero attached hydrogens (tertiary/aromatic N) is 4. The van der Waals surface area contributed by atoms with E-state index in [1.165, 1.54) is 0 Å². The third-order valence-corrected chi connectivity index (χ3v) is 7.82. The van der Waals surface area contributed by atoms with Gasteiger partial charge >= 0.3 is 0 Å². The molecule has 0 spiro atoms. The van der Waals surface area contributed by atoms with Crippen LogP contribution in [0.2, 0.25) is 0 Å². The van der Waals surface area contributed by atoms with Gasteiger partial charge < -0.3 is 10.6 Å². The minimum Gasteiger partial charge on any atom is -0.369 e. The average molecular weight is 506 g/mol. The Labute approximate surface area is 210 Å². The molecule has 3 unspecified atom stereocenters. The summed E-state index contributed by atoms with van der Waals surface area (Å²) in [6.45, 7) is 1.75. The molecule has 0 radical (unpaired) electrons. The minimum atomic E-state index is -0.689. The normalized spacial score (nSPS) is 23.1. The maximum atomic E-state index is 14.4. The molecule has 3 aromatic heterocycles. The zero-order valence-corrected chi connectivity index (χ0v) is 20.1. The largest absolute Gasteiger partial charge is 0.369 e. The lowest BCUT2D eigenvalue weighted by molar-refractivity contribution is -0.125. The summed E-state index contributed by atoms with van der Waals surface area (Å²) >= 11 is 0. The van der Waals surface area contributed by atoms with Crippen molar-refractivity contribution in [2.75, 3.05) is 0 Å². The van der Waals surface area contributed by atoms with Crippen LogP contribution in [0.3, 0.4) is 0 Å². The molecule has 190 valence electrons. The Balaban J connectivity index is 1.36. The van der Waals surface area contributed by atoms with Gasteiger partial charge in [0.1, 0.15) is 0 Å². The van der Waals surface area contributed by atoms with E-state index in [2.05, 4.69) is 25.4 Å². The number of nitrogens with two attached hydrogens (primary N) is 1. The molecule has 37 heavy (non-hydrogen) atoms. The Morgan fingerprint density at radius 1 is 1.19 bits per heavy atom. The molecule has 4 N–H and O–H groups in total. The fourth-order valence-electron chi connectivity index (χ4n) is 6.17. The predicted octanol–water partition coefficient (Wildman–Crippen LogP) is 3.42. The van der Waals surface area contributed by atoms with Crippen molar-refractivity contribution in [2.45, 2.75) is 50.6 Å². The van der Waals surface area contributed by atoms with Crippen LogP contribution in [-0.4, -0.2) is 53.7 Å². The van der Waals surface area contributed by atoms with Crippen molar-refractivity contribution in [1.29, 1.82) is 0 Å². The molecule has 3 atom stereocenters. The van der Waals surface area contributed by atoms with Gasteiger partial charge in [-0.2, -0.15) is 9.49 Å². The highest BCUT2D eigenvalue weighted by molar-refractivity contribution is 5.95. The third-order valence-electron chi connectivity index (χ3n) is 7.82. The topological polar surface area (TPSA) is 134 Å². The van der Waals surface area contributed by atoms with E-state index in [1.54, 1.807) is 31.2 Å². The number of benzene rings is 1. The van der Waals surface area contributed by atoms with Crippen LogP contribution in [0.5, 0.6) is 0 Å². The van der Waals surface area contributed by atoms with Crippen LogP contribution in [0.1, 0.15) is 47.4 Å². The van der Waals surface area contributed by atoms with Gasteiger partial charge in [0.25, 0.3) is 5.91 Å². The second-order valence-electron chi connectivity index (χ2n) is 10.2. The Kier molecular flexibility index (Phi) is 5.32. The summed E-state index contributed by atoms with van der Waals surface area (Å²) in [5.74, 6) is -2.16. The number of aromatic amines is 2. The molecule has 0 aliphatic carbocycles. The first kappa shape index (κ1) is 23.3. The van der Waals surface area contributed by atoms with Gasteiger partial charge in [0, 0.05) is 28.8 Å². The summed E-state index contributed by atoms with van der Waals surface area (Å²) in [5.41, 5.74) is 7.88. The molecule has 2 aliphatic heterocycles. The van der Waals surface area contributed by atoms with Crippen LogP contribution < -0.4 is 5.73 Å². The zero-order chi connectivity index (χ0) is 25.9. The molecule has 5 heterocycles. The van der Waals surface area contributed by atoms with Gasteiger partial charge in [-0.1, -0.05) is 6.07 Å². The molecule has 2 bridgehead atoms. The molecule has 0 saturated carbocycles. The number of rotatable bonds is 5. The Morgan fingerprint density at radius 2 is 2.03 bits per heavy atom. The highest BCUT2D eigenvalue weighted by atomic mass is 19.1. The van der Waals surface area contributed by atoms with Gasteiger partial charge in [-0.15, -0.1) is 5.10 Å². The number of piperidine rings is 1. The SMILES string of the molecule is Cc1cc(-c2cc(C(=O)N3C4CCC3(Cc3ccc5[nH]nc(F)c5c3)CC(C(N)=O)C4)n[nH]2)c(F)cn1. The molecule has 11 heteroatoms. The number of primary amides is 1. The van der Waals surface area contributed by atoms with E-state index >= 15 is 0 Å². The van der Waals surface area contributed by atoms with Crippen molar-refractivity contribution in [3.63, 3.8) is 0 Å². The quantitative estimate of drug-likeness (QED) is 0.382. The van der Waals surface area contributed by atoms with Gasteiger partial charge in [-0.05, 0) is 68.9 Å². The summed E-state index contributed by atoms with van der Waals surface area (Å²) < 4.78 is 28.6. The van der Waals surface area contributed by atoms with Crippen molar-refractivity contribution < 1.29 is 18.4 Å². The molecule has 4 aromatic rings. The highest BCUT2D eigenvalue weighted by Gasteiger charge is 2.55. The van der Waals surface area contributed by atoms with Crippen molar-refractivity contribution in [1.82, 2.24) is 30.3 Å². The maximum Gasteiger partial charge on any atom is 0.275 e. The van der Waals surface area contributed by atoms with Gasteiger partial charge in [0.15, 0.2) is 11.5 Å². The number of halogens is 2. The van der Waals surface area contributed by atoms with Crippen molar-refractivity contribution in [2.24, 2.45) is 11.7 Å². The number of carbonyl (C=O) groups is 2. The van der Waals surface area contributed by atoms with E-state index in [0.717, 1.165) is 11.8 Å². The summed E-state index contributed by atoms with van der Waals surface area (Å²) in [5, 5.41) is 13.6. The summed E-state index contributed by atoms with van der Waals surface area (Å²) in [6.07, 6.45) is 3.84. The summed E-state index contributed by atoms with van der Waals surface area (Å²) in [4.78, 5) is 31.9. The highest BCUT2D eigenvalue weighted by Crippen LogP contribution is 2.49. The van der Waals surface area contributed by atoms with E-state index in [0.29, 0.717) is 54.4 Å². The smallest absolute Gasteiger partial charge is 0.275 e. The molecular weight excluding hydrogens is 480 g/mol. The van der Waals surface area contributed by atoms with Crippen LogP contribution in [0.25, 0.3) is 22.2 Å². The monoisotopic (exact) mass is 505 g/mol. The van der Waals surface area contributed by atoms with Gasteiger partial charge in [-0.25, -0.2) is 4.39 Å². The number of H-pyrrole nitrogens is 2. The van der Waals surface area contributed by atoms with E-state index < -0.39 is 17.3 Å². The number of carbonyl (C=O) groups excluding carboxylic acids is 2. The second kappa shape index (κ2) is 8.46. The molecule has 2 fully saturated rings. The lowest BCUT2D eigenvalue weighted by Gasteiger charge is -2.47. The van der Waals surface area contributed by atoms with Crippen molar-refractivity contribution in [3.05, 3.63) is 65.2 Å². The standard InChI is InChI=1S/C26H25F2N7O2/c1-13-6-17(19(27)12-30-13)21-9-22(33-32-21)25(37)35-16-4-5-26(35,11-15(8-16)24(29)36)10-14-2-3-20-18(7-14)23(28)34-31-20/h2-3,6-7,9,12,15-16H,4-5,8,10-11H2,1H3,(H2,29,36)(H,31,34)(H,32,33). The number of pyridine rings is 1. The number of hydrogen-bond donors (Lipinski definition) is 3. The van der Waals surface area contributed by atoms with Crippen LogP contribution >= 0.6 is 0 Å².